The largest absolute Gasteiger partial charge is 0.366 e. The molecule has 11 heavy (non-hydrogen) atoms. The number of nitrogens with zero attached hydrogens (tertiary/aromatic N) is 2. The quantitative estimate of drug-likeness (QED) is 0.709. The molecular formula is C8H13N3. The van der Waals surface area contributed by atoms with Crippen molar-refractivity contribution in [3.05, 3.63) is 12.3 Å². The summed E-state index contributed by atoms with van der Waals surface area (Å²) in [7, 11) is 0. The molecule has 60 valence electrons. The molecule has 0 aliphatic heterocycles. The van der Waals surface area contributed by atoms with E-state index in [9.17, 15) is 0 Å². The van der Waals surface area contributed by atoms with Crippen LogP contribution in [0.2, 0.25) is 0 Å². The van der Waals surface area contributed by atoms with Crippen LogP contribution in [0.5, 0.6) is 0 Å². The molecule has 1 aliphatic carbocycles. The lowest BCUT2D eigenvalue weighted by Gasteiger charge is -1.97. The second kappa shape index (κ2) is 2.57. The highest BCUT2D eigenvalue weighted by atomic mass is 15.3. The molecule has 0 aromatic carbocycles. The second-order valence-electron chi connectivity index (χ2n) is 2.98. The Labute approximate surface area is 66.4 Å². The SMILES string of the molecule is CCn1ccc(NC2CC2)n1. The fraction of sp³-hybridized carbons (Fsp3) is 0.625. The Hall–Kier alpha value is -0.990. The van der Waals surface area contributed by atoms with Crippen molar-refractivity contribution in [3.8, 4) is 0 Å². The van der Waals surface area contributed by atoms with Gasteiger partial charge in [0, 0.05) is 24.8 Å². The average Bonchev–Trinajstić information content (AvgIpc) is 2.68. The lowest BCUT2D eigenvalue weighted by Crippen LogP contribution is -2.02. The Balaban J connectivity index is 1.99. The van der Waals surface area contributed by atoms with Crippen molar-refractivity contribution in [2.45, 2.75) is 32.4 Å². The highest BCUT2D eigenvalue weighted by Crippen LogP contribution is 2.23. The van der Waals surface area contributed by atoms with Crippen LogP contribution in [0.1, 0.15) is 19.8 Å². The molecule has 1 aromatic rings. The average molecular weight is 151 g/mol. The van der Waals surface area contributed by atoms with Gasteiger partial charge >= 0.3 is 0 Å². The van der Waals surface area contributed by atoms with E-state index in [2.05, 4.69) is 17.3 Å². The number of hydrogen-bond acceptors (Lipinski definition) is 2. The summed E-state index contributed by atoms with van der Waals surface area (Å²) in [4.78, 5) is 0. The number of rotatable bonds is 3. The van der Waals surface area contributed by atoms with Crippen LogP contribution >= 0.6 is 0 Å². The fourth-order valence-electron chi connectivity index (χ4n) is 1.05. The maximum Gasteiger partial charge on any atom is 0.148 e. The lowest BCUT2D eigenvalue weighted by molar-refractivity contribution is 0.661. The van der Waals surface area contributed by atoms with Crippen molar-refractivity contribution in [2.75, 3.05) is 5.32 Å². The zero-order chi connectivity index (χ0) is 7.68. The van der Waals surface area contributed by atoms with Gasteiger partial charge in [0.05, 0.1) is 0 Å². The van der Waals surface area contributed by atoms with Crippen LogP contribution in [0.25, 0.3) is 0 Å². The van der Waals surface area contributed by atoms with Gasteiger partial charge in [0.25, 0.3) is 0 Å². The van der Waals surface area contributed by atoms with Gasteiger partial charge in [-0.2, -0.15) is 5.10 Å². The van der Waals surface area contributed by atoms with Crippen LogP contribution in [0.3, 0.4) is 0 Å². The summed E-state index contributed by atoms with van der Waals surface area (Å²) in [5.41, 5.74) is 0. The Morgan fingerprint density at radius 2 is 2.55 bits per heavy atom. The van der Waals surface area contributed by atoms with Crippen molar-refractivity contribution >= 4 is 5.82 Å². The van der Waals surface area contributed by atoms with Gasteiger partial charge in [0.1, 0.15) is 5.82 Å². The van der Waals surface area contributed by atoms with E-state index in [-0.39, 0.29) is 0 Å². The molecule has 1 aromatic heterocycles. The van der Waals surface area contributed by atoms with Crippen molar-refractivity contribution in [3.63, 3.8) is 0 Å². The van der Waals surface area contributed by atoms with Gasteiger partial charge in [0.2, 0.25) is 0 Å². The molecule has 1 saturated carbocycles. The minimum atomic E-state index is 0.704. The molecule has 0 bridgehead atoms. The molecule has 1 aliphatic rings. The third kappa shape index (κ3) is 1.53. The van der Waals surface area contributed by atoms with Crippen LogP contribution in [0.4, 0.5) is 5.82 Å². The molecule has 3 nitrogen and oxygen atoms in total. The third-order valence-corrected chi connectivity index (χ3v) is 1.89. The minimum absolute atomic E-state index is 0.704. The topological polar surface area (TPSA) is 29.9 Å². The molecule has 1 heterocycles. The van der Waals surface area contributed by atoms with E-state index >= 15 is 0 Å². The van der Waals surface area contributed by atoms with Crippen molar-refractivity contribution in [1.82, 2.24) is 9.78 Å². The Morgan fingerprint density at radius 3 is 3.09 bits per heavy atom. The molecule has 1 fully saturated rings. The van der Waals surface area contributed by atoms with E-state index in [1.54, 1.807) is 0 Å². The molecule has 1 N–H and O–H groups in total. The van der Waals surface area contributed by atoms with E-state index in [0.29, 0.717) is 6.04 Å². The molecule has 0 amide bonds. The van der Waals surface area contributed by atoms with Gasteiger partial charge in [0.15, 0.2) is 0 Å². The summed E-state index contributed by atoms with van der Waals surface area (Å²) in [6.07, 6.45) is 4.61. The fourth-order valence-corrected chi connectivity index (χ4v) is 1.05. The van der Waals surface area contributed by atoms with Gasteiger partial charge in [-0.1, -0.05) is 0 Å². The van der Waals surface area contributed by atoms with E-state index in [1.807, 2.05) is 16.9 Å². The van der Waals surface area contributed by atoms with E-state index in [4.69, 9.17) is 0 Å². The summed E-state index contributed by atoms with van der Waals surface area (Å²) in [6, 6.07) is 2.73. The summed E-state index contributed by atoms with van der Waals surface area (Å²) in [6.45, 7) is 3.04. The Morgan fingerprint density at radius 1 is 1.73 bits per heavy atom. The first kappa shape index (κ1) is 6.70. The molecule has 0 unspecified atom stereocenters. The number of aromatic nitrogens is 2. The van der Waals surface area contributed by atoms with Crippen molar-refractivity contribution < 1.29 is 0 Å². The molecule has 0 saturated heterocycles. The summed E-state index contributed by atoms with van der Waals surface area (Å²) in [5.74, 6) is 1.02. The number of hydrogen-bond donors (Lipinski definition) is 1. The summed E-state index contributed by atoms with van der Waals surface area (Å²) < 4.78 is 1.94. The first-order valence-electron chi connectivity index (χ1n) is 4.18. The molecule has 0 radical (unpaired) electrons. The Bertz CT molecular complexity index is 237. The van der Waals surface area contributed by atoms with Gasteiger partial charge in [-0.25, -0.2) is 0 Å². The first-order chi connectivity index (χ1) is 5.38. The summed E-state index contributed by atoms with van der Waals surface area (Å²) in [5, 5.41) is 7.65. The van der Waals surface area contributed by atoms with Crippen molar-refractivity contribution in [1.29, 1.82) is 0 Å². The highest BCUT2D eigenvalue weighted by Gasteiger charge is 2.21. The van der Waals surface area contributed by atoms with Crippen LogP contribution in [-0.4, -0.2) is 15.8 Å². The van der Waals surface area contributed by atoms with Crippen LogP contribution < -0.4 is 5.32 Å². The smallest absolute Gasteiger partial charge is 0.148 e. The van der Waals surface area contributed by atoms with Gasteiger partial charge in [-0.3, -0.25) is 4.68 Å². The lowest BCUT2D eigenvalue weighted by atomic mass is 10.6. The normalized spacial score (nSPS) is 16.8. The zero-order valence-corrected chi connectivity index (χ0v) is 6.75. The van der Waals surface area contributed by atoms with E-state index in [0.717, 1.165) is 12.4 Å². The predicted molar refractivity (Wildman–Crippen MR) is 44.5 cm³/mol. The first-order valence-corrected chi connectivity index (χ1v) is 4.18. The molecule has 2 rings (SSSR count). The zero-order valence-electron chi connectivity index (χ0n) is 6.75. The van der Waals surface area contributed by atoms with E-state index in [1.165, 1.54) is 12.8 Å². The Kier molecular flexibility index (Phi) is 1.56. The number of nitrogens with one attached hydrogen (secondary N) is 1. The third-order valence-electron chi connectivity index (χ3n) is 1.89. The number of aryl methyl sites for hydroxylation is 1. The minimum Gasteiger partial charge on any atom is -0.366 e. The molecular weight excluding hydrogens is 138 g/mol. The monoisotopic (exact) mass is 151 g/mol. The highest BCUT2D eigenvalue weighted by molar-refractivity contribution is 5.35. The van der Waals surface area contributed by atoms with Gasteiger partial charge in [-0.15, -0.1) is 0 Å². The van der Waals surface area contributed by atoms with Crippen LogP contribution in [-0.2, 0) is 6.54 Å². The van der Waals surface area contributed by atoms with Crippen LogP contribution in [0, 0.1) is 0 Å². The van der Waals surface area contributed by atoms with Gasteiger partial charge in [-0.05, 0) is 19.8 Å². The van der Waals surface area contributed by atoms with Gasteiger partial charge < -0.3 is 5.32 Å². The predicted octanol–water partition coefficient (Wildman–Crippen LogP) is 1.48. The second-order valence-corrected chi connectivity index (χ2v) is 2.98. The molecule has 3 heteroatoms. The van der Waals surface area contributed by atoms with Crippen LogP contribution in [0.15, 0.2) is 12.3 Å². The maximum absolute atomic E-state index is 4.31. The van der Waals surface area contributed by atoms with E-state index < -0.39 is 0 Å². The molecule has 0 atom stereocenters. The number of anilines is 1. The maximum atomic E-state index is 4.31. The van der Waals surface area contributed by atoms with Crippen molar-refractivity contribution in [2.24, 2.45) is 0 Å². The summed E-state index contributed by atoms with van der Waals surface area (Å²) >= 11 is 0. The molecule has 0 spiro atoms. The standard InChI is InChI=1S/C8H13N3/c1-2-11-6-5-8(10-11)9-7-3-4-7/h5-7H,2-4H2,1H3,(H,9,10).